The predicted octanol–water partition coefficient (Wildman–Crippen LogP) is 3.66. The van der Waals surface area contributed by atoms with Gasteiger partial charge in [0, 0.05) is 35.3 Å². The van der Waals surface area contributed by atoms with Crippen LogP contribution in [0.15, 0.2) is 35.7 Å². The van der Waals surface area contributed by atoms with Gasteiger partial charge in [0.2, 0.25) is 5.78 Å². The largest absolute Gasteiger partial charge is 0.457 e. The van der Waals surface area contributed by atoms with E-state index in [-0.39, 0.29) is 43.6 Å². The lowest BCUT2D eigenvalue weighted by Crippen LogP contribution is -2.31. The molecule has 1 aliphatic heterocycles. The average molecular weight is 466 g/mol. The number of ketones is 1. The summed E-state index contributed by atoms with van der Waals surface area (Å²) in [6.07, 6.45) is 0.258. The number of Topliss-reactive ketones (excluding diaryl/α,β-unsaturated/α-hetero) is 1. The first-order valence-electron chi connectivity index (χ1n) is 10.5. The molecule has 3 heterocycles. The van der Waals surface area contributed by atoms with E-state index < -0.39 is 5.97 Å². The molecule has 0 saturated carbocycles. The minimum Gasteiger partial charge on any atom is -0.457 e. The number of amides is 2. The van der Waals surface area contributed by atoms with Crippen molar-refractivity contribution in [1.29, 1.82) is 0 Å². The lowest BCUT2D eigenvalue weighted by molar-refractivity contribution is -0.142. The Bertz CT molecular complexity index is 1240. The van der Waals surface area contributed by atoms with E-state index in [9.17, 15) is 19.2 Å². The van der Waals surface area contributed by atoms with E-state index in [1.54, 1.807) is 30.3 Å². The van der Waals surface area contributed by atoms with Crippen LogP contribution in [0.3, 0.4) is 0 Å². The molecule has 0 unspecified atom stereocenters. The molecule has 0 saturated heterocycles. The van der Waals surface area contributed by atoms with Gasteiger partial charge in [0.05, 0.1) is 16.8 Å². The van der Waals surface area contributed by atoms with Crippen LogP contribution in [0, 0.1) is 20.8 Å². The van der Waals surface area contributed by atoms with Crippen LogP contribution in [0.2, 0.25) is 0 Å². The van der Waals surface area contributed by atoms with Crippen molar-refractivity contribution in [2.45, 2.75) is 33.6 Å². The van der Waals surface area contributed by atoms with Crippen LogP contribution in [0.25, 0.3) is 5.13 Å². The molecule has 0 N–H and O–H groups in total. The maximum absolute atomic E-state index is 12.7. The van der Waals surface area contributed by atoms with Gasteiger partial charge in [0.1, 0.15) is 0 Å². The fraction of sp³-hybridized carbons (Fsp3) is 0.292. The van der Waals surface area contributed by atoms with E-state index in [0.29, 0.717) is 16.7 Å². The molecule has 2 aromatic heterocycles. The predicted molar refractivity (Wildman–Crippen MR) is 122 cm³/mol. The Morgan fingerprint density at radius 1 is 1.06 bits per heavy atom. The minimum absolute atomic E-state index is 0.00189. The Hall–Kier alpha value is -3.59. The van der Waals surface area contributed by atoms with Gasteiger partial charge in [-0.15, -0.1) is 11.3 Å². The quantitative estimate of drug-likeness (QED) is 0.286. The second-order valence-electron chi connectivity index (χ2n) is 7.89. The second kappa shape index (κ2) is 9.11. The molecule has 170 valence electrons. The van der Waals surface area contributed by atoms with Crippen LogP contribution in [0.5, 0.6) is 0 Å². The Morgan fingerprint density at radius 2 is 1.73 bits per heavy atom. The van der Waals surface area contributed by atoms with E-state index in [0.717, 1.165) is 27.1 Å². The summed E-state index contributed by atoms with van der Waals surface area (Å²) >= 11 is 1.49. The fourth-order valence-electron chi connectivity index (χ4n) is 3.90. The molecule has 4 rings (SSSR count). The highest BCUT2D eigenvalue weighted by Crippen LogP contribution is 2.24. The highest BCUT2D eigenvalue weighted by Gasteiger charge is 2.34. The number of rotatable bonds is 8. The highest BCUT2D eigenvalue weighted by atomic mass is 32.1. The van der Waals surface area contributed by atoms with Crippen LogP contribution in [-0.2, 0) is 9.53 Å². The summed E-state index contributed by atoms with van der Waals surface area (Å²) in [6, 6.07) is 8.41. The lowest BCUT2D eigenvalue weighted by atomic mass is 10.1. The Morgan fingerprint density at radius 3 is 2.33 bits per heavy atom. The van der Waals surface area contributed by atoms with Gasteiger partial charge in [-0.1, -0.05) is 12.1 Å². The van der Waals surface area contributed by atoms with Crippen LogP contribution in [-0.4, -0.2) is 51.2 Å². The zero-order valence-corrected chi connectivity index (χ0v) is 19.4. The molecule has 0 atom stereocenters. The zero-order valence-electron chi connectivity index (χ0n) is 18.6. The summed E-state index contributed by atoms with van der Waals surface area (Å²) < 4.78 is 7.06. The van der Waals surface area contributed by atoms with E-state index >= 15 is 0 Å². The molecule has 0 aliphatic carbocycles. The maximum Gasteiger partial charge on any atom is 0.306 e. The Labute approximate surface area is 194 Å². The third-order valence-electron chi connectivity index (χ3n) is 5.53. The van der Waals surface area contributed by atoms with E-state index in [2.05, 4.69) is 4.98 Å². The topological polar surface area (TPSA) is 98.6 Å². The van der Waals surface area contributed by atoms with Crippen LogP contribution in [0.4, 0.5) is 0 Å². The number of fused-ring (bicyclic) bond motifs is 1. The lowest BCUT2D eigenvalue weighted by Gasteiger charge is -2.13. The molecule has 0 bridgehead atoms. The molecular formula is C24H23N3O5S. The standard InChI is InChI=1S/C24H23N3O5S/c1-14-13-33-24(25-14)27-15(2)11-19(16(27)3)20(28)12-32-21(29)9-6-10-26-22(30)17-7-4-5-8-18(17)23(26)31/h4-5,7-8,11,13H,6,9-10,12H2,1-3H3. The summed E-state index contributed by atoms with van der Waals surface area (Å²) in [5.41, 5.74) is 3.76. The first kappa shape index (κ1) is 22.6. The molecule has 33 heavy (non-hydrogen) atoms. The monoisotopic (exact) mass is 465 g/mol. The average Bonchev–Trinajstić information content (AvgIpc) is 3.42. The van der Waals surface area contributed by atoms with Gasteiger partial charge in [-0.05, 0) is 45.4 Å². The van der Waals surface area contributed by atoms with Gasteiger partial charge in [-0.3, -0.25) is 28.6 Å². The normalized spacial score (nSPS) is 12.9. The molecule has 8 nitrogen and oxygen atoms in total. The van der Waals surface area contributed by atoms with Gasteiger partial charge >= 0.3 is 5.97 Å². The summed E-state index contributed by atoms with van der Waals surface area (Å²) in [6.45, 7) is 5.39. The van der Waals surface area contributed by atoms with Gasteiger partial charge < -0.3 is 4.74 Å². The van der Waals surface area contributed by atoms with Crippen molar-refractivity contribution in [3.63, 3.8) is 0 Å². The molecule has 3 aromatic rings. The number of nitrogens with zero attached hydrogens (tertiary/aromatic N) is 3. The van der Waals surface area contributed by atoms with Crippen molar-refractivity contribution < 1.29 is 23.9 Å². The summed E-state index contributed by atoms with van der Waals surface area (Å²) in [5.74, 6) is -1.56. The van der Waals surface area contributed by atoms with Crippen molar-refractivity contribution in [2.75, 3.05) is 13.2 Å². The summed E-state index contributed by atoms with van der Waals surface area (Å²) in [5, 5.41) is 2.73. The number of benzene rings is 1. The Kier molecular flexibility index (Phi) is 6.24. The molecule has 1 aromatic carbocycles. The first-order valence-corrected chi connectivity index (χ1v) is 11.4. The number of thiazole rings is 1. The molecule has 2 amide bonds. The highest BCUT2D eigenvalue weighted by molar-refractivity contribution is 7.12. The fourth-order valence-corrected chi connectivity index (χ4v) is 4.82. The van der Waals surface area contributed by atoms with Crippen LogP contribution in [0.1, 0.15) is 61.0 Å². The van der Waals surface area contributed by atoms with Gasteiger partial charge in [-0.25, -0.2) is 4.98 Å². The molecule has 0 radical (unpaired) electrons. The molecule has 1 aliphatic rings. The molecular weight excluding hydrogens is 442 g/mol. The SMILES string of the molecule is Cc1csc(-n2c(C)cc(C(=O)COC(=O)CCCN3C(=O)c4ccccc4C3=O)c2C)n1. The number of hydrogen-bond donors (Lipinski definition) is 0. The van der Waals surface area contributed by atoms with Gasteiger partial charge in [0.25, 0.3) is 11.8 Å². The number of imide groups is 1. The smallest absolute Gasteiger partial charge is 0.306 e. The zero-order chi connectivity index (χ0) is 23.7. The molecule has 0 spiro atoms. The summed E-state index contributed by atoms with van der Waals surface area (Å²) in [7, 11) is 0. The number of aromatic nitrogens is 2. The van der Waals surface area contributed by atoms with Crippen LogP contribution >= 0.6 is 11.3 Å². The number of hydrogen-bond acceptors (Lipinski definition) is 7. The Balaban J connectivity index is 1.29. The molecule has 9 heteroatoms. The molecule has 0 fully saturated rings. The third kappa shape index (κ3) is 4.36. The minimum atomic E-state index is -0.552. The van der Waals surface area contributed by atoms with Crippen molar-refractivity contribution in [2.24, 2.45) is 0 Å². The summed E-state index contributed by atoms with van der Waals surface area (Å²) in [4.78, 5) is 55.1. The second-order valence-corrected chi connectivity index (χ2v) is 8.72. The van der Waals surface area contributed by atoms with Crippen molar-refractivity contribution in [1.82, 2.24) is 14.5 Å². The number of carbonyl (C=O) groups is 4. The number of ether oxygens (including phenoxy) is 1. The number of aryl methyl sites for hydroxylation is 2. The maximum atomic E-state index is 12.7. The number of esters is 1. The van der Waals surface area contributed by atoms with Crippen LogP contribution < -0.4 is 0 Å². The van der Waals surface area contributed by atoms with E-state index in [1.807, 2.05) is 30.7 Å². The van der Waals surface area contributed by atoms with Gasteiger partial charge in [0.15, 0.2) is 11.7 Å². The van der Waals surface area contributed by atoms with E-state index in [4.69, 9.17) is 4.74 Å². The van der Waals surface area contributed by atoms with Crippen molar-refractivity contribution in [3.8, 4) is 5.13 Å². The first-order chi connectivity index (χ1) is 15.8. The van der Waals surface area contributed by atoms with Crippen molar-refractivity contribution in [3.05, 3.63) is 69.5 Å². The number of carbonyl (C=O) groups excluding carboxylic acids is 4. The van der Waals surface area contributed by atoms with Gasteiger partial charge in [-0.2, -0.15) is 0 Å². The van der Waals surface area contributed by atoms with E-state index in [1.165, 1.54) is 11.3 Å². The van der Waals surface area contributed by atoms with Crippen molar-refractivity contribution >= 4 is 34.9 Å². The third-order valence-corrected chi connectivity index (χ3v) is 6.48.